The molecule has 1 fully saturated rings. The summed E-state index contributed by atoms with van der Waals surface area (Å²) in [5.74, 6) is -0.611. The maximum Gasteiger partial charge on any atom is 0.416 e. The van der Waals surface area contributed by atoms with Crippen molar-refractivity contribution in [3.63, 3.8) is 0 Å². The first-order valence-corrected chi connectivity index (χ1v) is 9.68. The van der Waals surface area contributed by atoms with E-state index in [4.69, 9.17) is 0 Å². The van der Waals surface area contributed by atoms with Crippen LogP contribution in [0.5, 0.6) is 0 Å². The normalized spacial score (nSPS) is 16.1. The van der Waals surface area contributed by atoms with Crippen LogP contribution in [0, 0.1) is 17.3 Å². The summed E-state index contributed by atoms with van der Waals surface area (Å²) in [6.07, 6.45) is -2.17. The van der Waals surface area contributed by atoms with E-state index >= 15 is 4.39 Å². The molecule has 2 aromatic heterocycles. The Morgan fingerprint density at radius 1 is 1.16 bits per heavy atom. The van der Waals surface area contributed by atoms with E-state index in [1.807, 2.05) is 6.07 Å². The van der Waals surface area contributed by atoms with Gasteiger partial charge in [0, 0.05) is 50.3 Å². The number of hydrogen-bond acceptors (Lipinski definition) is 5. The van der Waals surface area contributed by atoms with Crippen molar-refractivity contribution in [3.8, 4) is 17.2 Å². The van der Waals surface area contributed by atoms with Crippen LogP contribution in [0.4, 0.5) is 27.6 Å². The summed E-state index contributed by atoms with van der Waals surface area (Å²) in [4.78, 5) is 5.20. The lowest BCUT2D eigenvalue weighted by atomic mass is 9.90. The number of nitrogens with zero attached hydrogens (tertiary/aromatic N) is 6. The van der Waals surface area contributed by atoms with Crippen molar-refractivity contribution in [3.05, 3.63) is 59.7 Å². The SMILES string of the molecule is Cn1cnnc1C1(F)CCN(c2c(C#N)cc(C(F)(F)F)cc2-c2ccc(F)nc2)CC1. The van der Waals surface area contributed by atoms with E-state index in [0.29, 0.717) is 0 Å². The van der Waals surface area contributed by atoms with Crippen LogP contribution < -0.4 is 4.90 Å². The molecule has 11 heteroatoms. The molecule has 3 aromatic rings. The lowest BCUT2D eigenvalue weighted by Gasteiger charge is -2.38. The molecule has 6 nitrogen and oxygen atoms in total. The molecular weight excluding hydrogens is 431 g/mol. The summed E-state index contributed by atoms with van der Waals surface area (Å²) in [7, 11) is 1.63. The first-order chi connectivity index (χ1) is 15.1. The standard InChI is InChI=1S/C21H17F5N6/c1-31-12-29-30-19(31)20(23)4-6-32(7-5-20)18-14(10-27)8-15(21(24,25)26)9-16(18)13-2-3-17(22)28-11-13/h2-3,8-9,11-12H,4-7H2,1H3. The first kappa shape index (κ1) is 21.7. The van der Waals surface area contributed by atoms with Gasteiger partial charge in [-0.2, -0.15) is 22.8 Å². The van der Waals surface area contributed by atoms with Gasteiger partial charge in [0.15, 0.2) is 11.5 Å². The Morgan fingerprint density at radius 3 is 2.41 bits per heavy atom. The number of hydrogen-bond donors (Lipinski definition) is 0. The zero-order valence-electron chi connectivity index (χ0n) is 16.9. The molecule has 166 valence electrons. The number of nitriles is 1. The number of benzene rings is 1. The summed E-state index contributed by atoms with van der Waals surface area (Å²) in [6, 6.07) is 5.84. The Morgan fingerprint density at radius 2 is 1.88 bits per heavy atom. The van der Waals surface area contributed by atoms with Gasteiger partial charge in [0.2, 0.25) is 5.95 Å². The van der Waals surface area contributed by atoms with Crippen LogP contribution in [0.15, 0.2) is 36.8 Å². The molecule has 3 heterocycles. The van der Waals surface area contributed by atoms with Gasteiger partial charge in [0.05, 0.1) is 16.8 Å². The van der Waals surface area contributed by atoms with E-state index in [9.17, 15) is 22.8 Å². The number of anilines is 1. The van der Waals surface area contributed by atoms with Gasteiger partial charge < -0.3 is 9.47 Å². The monoisotopic (exact) mass is 448 g/mol. The number of rotatable bonds is 3. The van der Waals surface area contributed by atoms with E-state index in [-0.39, 0.29) is 54.1 Å². The Hall–Kier alpha value is -3.55. The molecular formula is C21H17F5N6. The molecule has 0 atom stereocenters. The average molecular weight is 448 g/mol. The topological polar surface area (TPSA) is 70.6 Å². The van der Waals surface area contributed by atoms with Gasteiger partial charge in [-0.15, -0.1) is 10.2 Å². The summed E-state index contributed by atoms with van der Waals surface area (Å²) in [5, 5.41) is 17.2. The lowest BCUT2D eigenvalue weighted by Crippen LogP contribution is -2.42. The summed E-state index contributed by atoms with van der Waals surface area (Å²) >= 11 is 0. The Labute approximate surface area is 179 Å². The molecule has 0 unspecified atom stereocenters. The van der Waals surface area contributed by atoms with Crippen LogP contribution >= 0.6 is 0 Å². The molecule has 1 saturated heterocycles. The maximum absolute atomic E-state index is 15.5. The predicted octanol–water partition coefficient (Wildman–Crippen LogP) is 4.37. The van der Waals surface area contributed by atoms with Gasteiger partial charge in [-0.3, -0.25) is 0 Å². The Bertz CT molecular complexity index is 1170. The number of aryl methyl sites for hydroxylation is 1. The van der Waals surface area contributed by atoms with E-state index in [0.717, 1.165) is 24.4 Å². The van der Waals surface area contributed by atoms with Gasteiger partial charge >= 0.3 is 6.18 Å². The third kappa shape index (κ3) is 3.88. The summed E-state index contributed by atoms with van der Waals surface area (Å²) in [6.45, 7) is 0.260. The van der Waals surface area contributed by atoms with Crippen LogP contribution in [-0.2, 0) is 18.9 Å². The van der Waals surface area contributed by atoms with E-state index in [2.05, 4.69) is 15.2 Å². The van der Waals surface area contributed by atoms with E-state index < -0.39 is 23.4 Å². The van der Waals surface area contributed by atoms with E-state index in [1.165, 1.54) is 17.0 Å². The second-order valence-electron chi connectivity index (χ2n) is 7.62. The fourth-order valence-corrected chi connectivity index (χ4v) is 3.98. The van der Waals surface area contributed by atoms with Crippen LogP contribution in [0.25, 0.3) is 11.1 Å². The molecule has 0 saturated carbocycles. The molecule has 1 aliphatic heterocycles. The summed E-state index contributed by atoms with van der Waals surface area (Å²) < 4.78 is 70.8. The minimum absolute atomic E-state index is 0.00648. The molecule has 0 bridgehead atoms. The second-order valence-corrected chi connectivity index (χ2v) is 7.62. The number of halogens is 5. The second kappa shape index (κ2) is 7.85. The minimum atomic E-state index is -4.69. The Balaban J connectivity index is 1.77. The summed E-state index contributed by atoms with van der Waals surface area (Å²) in [5.41, 5.74) is -2.44. The van der Waals surface area contributed by atoms with Gasteiger partial charge in [-0.05, 0) is 24.3 Å². The van der Waals surface area contributed by atoms with Gasteiger partial charge in [-0.1, -0.05) is 0 Å². The molecule has 0 aliphatic carbocycles. The highest BCUT2D eigenvalue weighted by atomic mass is 19.4. The quantitative estimate of drug-likeness (QED) is 0.440. The van der Waals surface area contributed by atoms with Crippen LogP contribution in [-0.4, -0.2) is 32.8 Å². The average Bonchev–Trinajstić information content (AvgIpc) is 3.20. The van der Waals surface area contributed by atoms with Crippen molar-refractivity contribution in [1.82, 2.24) is 19.7 Å². The van der Waals surface area contributed by atoms with Crippen LogP contribution in [0.3, 0.4) is 0 Å². The largest absolute Gasteiger partial charge is 0.416 e. The maximum atomic E-state index is 15.5. The fraction of sp³-hybridized carbons (Fsp3) is 0.333. The number of pyridine rings is 1. The highest BCUT2D eigenvalue weighted by molar-refractivity contribution is 5.83. The number of alkyl halides is 4. The van der Waals surface area contributed by atoms with Crippen LogP contribution in [0.2, 0.25) is 0 Å². The van der Waals surface area contributed by atoms with Gasteiger partial charge in [-0.25, -0.2) is 9.37 Å². The zero-order chi connectivity index (χ0) is 23.1. The van der Waals surface area contributed by atoms with Crippen molar-refractivity contribution in [2.75, 3.05) is 18.0 Å². The third-order valence-corrected chi connectivity index (χ3v) is 5.58. The van der Waals surface area contributed by atoms with Gasteiger partial charge in [0.25, 0.3) is 0 Å². The molecule has 1 aliphatic rings. The molecule has 4 rings (SSSR count). The highest BCUT2D eigenvalue weighted by Gasteiger charge is 2.41. The predicted molar refractivity (Wildman–Crippen MR) is 105 cm³/mol. The highest BCUT2D eigenvalue weighted by Crippen LogP contribution is 2.43. The lowest BCUT2D eigenvalue weighted by molar-refractivity contribution is -0.137. The molecule has 0 N–H and O–H groups in total. The number of piperidine rings is 1. The number of aromatic nitrogens is 4. The van der Waals surface area contributed by atoms with Crippen molar-refractivity contribution < 1.29 is 22.0 Å². The van der Waals surface area contributed by atoms with Gasteiger partial charge in [0.1, 0.15) is 12.4 Å². The van der Waals surface area contributed by atoms with Crippen LogP contribution in [0.1, 0.15) is 29.8 Å². The third-order valence-electron chi connectivity index (χ3n) is 5.58. The molecule has 32 heavy (non-hydrogen) atoms. The van der Waals surface area contributed by atoms with Crippen molar-refractivity contribution in [2.45, 2.75) is 24.7 Å². The first-order valence-electron chi connectivity index (χ1n) is 9.68. The smallest absolute Gasteiger partial charge is 0.370 e. The molecule has 1 aromatic carbocycles. The van der Waals surface area contributed by atoms with Crippen molar-refractivity contribution in [2.24, 2.45) is 7.05 Å². The zero-order valence-corrected chi connectivity index (χ0v) is 16.9. The van der Waals surface area contributed by atoms with Crippen molar-refractivity contribution >= 4 is 5.69 Å². The fourth-order valence-electron chi connectivity index (χ4n) is 3.98. The molecule has 0 amide bonds. The Kier molecular flexibility index (Phi) is 5.32. The minimum Gasteiger partial charge on any atom is -0.370 e. The van der Waals surface area contributed by atoms with E-state index in [1.54, 1.807) is 11.9 Å². The van der Waals surface area contributed by atoms with Crippen molar-refractivity contribution in [1.29, 1.82) is 5.26 Å². The molecule has 0 radical (unpaired) electrons. The molecule has 0 spiro atoms.